The molecule has 0 aliphatic heterocycles. The van der Waals surface area contributed by atoms with Gasteiger partial charge in [0.15, 0.2) is 11.6 Å². The second-order valence-corrected chi connectivity index (χ2v) is 4.58. The molecule has 0 aromatic heterocycles. The van der Waals surface area contributed by atoms with E-state index in [-0.39, 0.29) is 18.0 Å². The fourth-order valence-corrected chi connectivity index (χ4v) is 2.24. The second kappa shape index (κ2) is 6.62. The van der Waals surface area contributed by atoms with E-state index in [9.17, 15) is 9.59 Å². The van der Waals surface area contributed by atoms with Crippen LogP contribution < -0.4 is 0 Å². The van der Waals surface area contributed by atoms with Gasteiger partial charge in [-0.05, 0) is 17.2 Å². The van der Waals surface area contributed by atoms with Crippen LogP contribution in [0.2, 0.25) is 0 Å². The van der Waals surface area contributed by atoms with E-state index in [1.807, 2.05) is 30.3 Å². The van der Waals surface area contributed by atoms with Crippen LogP contribution in [-0.2, 0) is 0 Å². The molecule has 2 rings (SSSR count). The Morgan fingerprint density at radius 3 is 1.95 bits per heavy atom. The lowest BCUT2D eigenvalue weighted by molar-refractivity contribution is 0.0994. The van der Waals surface area contributed by atoms with E-state index in [1.165, 1.54) is 6.08 Å². The minimum absolute atomic E-state index is 0.0125. The summed E-state index contributed by atoms with van der Waals surface area (Å²) in [6, 6.07) is 14.5. The SMILES string of the molecule is C=CCC(=O)c1ccccc1-c1ccccc1C(=O)C=C. The number of carbonyl (C=O) groups excluding carboxylic acids is 2. The first-order valence-electron chi connectivity index (χ1n) is 6.68. The number of ketones is 2. The monoisotopic (exact) mass is 276 g/mol. The third kappa shape index (κ3) is 3.06. The number of benzene rings is 2. The molecule has 0 unspecified atom stereocenters. The first-order valence-corrected chi connectivity index (χ1v) is 6.68. The highest BCUT2D eigenvalue weighted by molar-refractivity contribution is 6.11. The van der Waals surface area contributed by atoms with Gasteiger partial charge in [-0.2, -0.15) is 0 Å². The maximum atomic E-state index is 12.2. The van der Waals surface area contributed by atoms with Crippen molar-refractivity contribution in [2.45, 2.75) is 6.42 Å². The molecule has 0 aliphatic carbocycles. The average Bonchev–Trinajstić information content (AvgIpc) is 2.54. The molecule has 0 fully saturated rings. The van der Waals surface area contributed by atoms with Gasteiger partial charge in [-0.15, -0.1) is 6.58 Å². The molecule has 0 saturated heterocycles. The van der Waals surface area contributed by atoms with Gasteiger partial charge in [0.2, 0.25) is 0 Å². The first kappa shape index (κ1) is 14.7. The minimum atomic E-state index is -0.156. The highest BCUT2D eigenvalue weighted by Gasteiger charge is 2.15. The maximum Gasteiger partial charge on any atom is 0.185 e. The molecule has 2 nitrogen and oxygen atoms in total. The van der Waals surface area contributed by atoms with E-state index >= 15 is 0 Å². The van der Waals surface area contributed by atoms with Crippen molar-refractivity contribution in [1.82, 2.24) is 0 Å². The minimum Gasteiger partial charge on any atom is -0.294 e. The van der Waals surface area contributed by atoms with Crippen molar-refractivity contribution in [2.75, 3.05) is 0 Å². The van der Waals surface area contributed by atoms with E-state index in [1.54, 1.807) is 24.3 Å². The molecular formula is C19H16O2. The standard InChI is InChI=1S/C19H16O2/c1-3-9-19(21)17-13-8-6-11-15(17)14-10-5-7-12-16(14)18(20)4-2/h3-8,10-13H,1-2,9H2. The van der Waals surface area contributed by atoms with Crippen LogP contribution in [0.4, 0.5) is 0 Å². The Morgan fingerprint density at radius 2 is 1.38 bits per heavy atom. The molecule has 0 heterocycles. The fourth-order valence-electron chi connectivity index (χ4n) is 2.24. The zero-order valence-electron chi connectivity index (χ0n) is 11.7. The van der Waals surface area contributed by atoms with Crippen LogP contribution in [0.3, 0.4) is 0 Å². The number of hydrogen-bond acceptors (Lipinski definition) is 2. The van der Waals surface area contributed by atoms with Gasteiger partial charge in [0, 0.05) is 17.5 Å². The summed E-state index contributed by atoms with van der Waals surface area (Å²) < 4.78 is 0. The smallest absolute Gasteiger partial charge is 0.185 e. The molecule has 0 spiro atoms. The lowest BCUT2D eigenvalue weighted by atomic mass is 9.91. The normalized spacial score (nSPS) is 9.90. The van der Waals surface area contributed by atoms with Crippen molar-refractivity contribution in [3.8, 4) is 11.1 Å². The highest BCUT2D eigenvalue weighted by atomic mass is 16.1. The molecule has 0 N–H and O–H groups in total. The predicted molar refractivity (Wildman–Crippen MR) is 85.6 cm³/mol. The summed E-state index contributed by atoms with van der Waals surface area (Å²) in [6.07, 6.45) is 3.14. The Morgan fingerprint density at radius 1 is 0.857 bits per heavy atom. The van der Waals surface area contributed by atoms with Crippen LogP contribution >= 0.6 is 0 Å². The largest absolute Gasteiger partial charge is 0.294 e. The lowest BCUT2D eigenvalue weighted by Gasteiger charge is -2.11. The van der Waals surface area contributed by atoms with Crippen LogP contribution in [0.1, 0.15) is 27.1 Å². The molecule has 0 amide bonds. The Hall–Kier alpha value is -2.74. The van der Waals surface area contributed by atoms with Gasteiger partial charge in [0.05, 0.1) is 0 Å². The molecule has 0 aliphatic rings. The van der Waals surface area contributed by atoms with Crippen molar-refractivity contribution < 1.29 is 9.59 Å². The Balaban J connectivity index is 2.63. The zero-order chi connectivity index (χ0) is 15.2. The fraction of sp³-hybridized carbons (Fsp3) is 0.0526. The van der Waals surface area contributed by atoms with Crippen LogP contribution in [0.25, 0.3) is 11.1 Å². The summed E-state index contributed by atoms with van der Waals surface area (Å²) in [7, 11) is 0. The van der Waals surface area contributed by atoms with E-state index in [0.29, 0.717) is 11.1 Å². The number of rotatable bonds is 6. The molecule has 0 atom stereocenters. The van der Waals surface area contributed by atoms with Gasteiger partial charge in [0.1, 0.15) is 0 Å². The summed E-state index contributed by atoms with van der Waals surface area (Å²) in [6.45, 7) is 7.13. The zero-order valence-corrected chi connectivity index (χ0v) is 11.7. The summed E-state index contributed by atoms with van der Waals surface area (Å²) in [5.74, 6) is -0.168. The van der Waals surface area contributed by atoms with Crippen molar-refractivity contribution in [2.24, 2.45) is 0 Å². The predicted octanol–water partition coefficient (Wildman–Crippen LogP) is 4.48. The Bertz CT molecular complexity index is 711. The van der Waals surface area contributed by atoms with E-state index < -0.39 is 0 Å². The third-order valence-electron chi connectivity index (χ3n) is 3.23. The Kier molecular flexibility index (Phi) is 4.62. The van der Waals surface area contributed by atoms with Crippen molar-refractivity contribution in [1.29, 1.82) is 0 Å². The van der Waals surface area contributed by atoms with Crippen LogP contribution in [-0.4, -0.2) is 11.6 Å². The third-order valence-corrected chi connectivity index (χ3v) is 3.23. The van der Waals surface area contributed by atoms with Crippen molar-refractivity contribution >= 4 is 11.6 Å². The Labute approximate surface area is 124 Å². The lowest BCUT2D eigenvalue weighted by Crippen LogP contribution is -2.03. The summed E-state index contributed by atoms with van der Waals surface area (Å²) in [4.78, 5) is 24.2. The average molecular weight is 276 g/mol. The van der Waals surface area contributed by atoms with E-state index in [4.69, 9.17) is 0 Å². The van der Waals surface area contributed by atoms with Gasteiger partial charge in [-0.1, -0.05) is 61.2 Å². The van der Waals surface area contributed by atoms with Crippen LogP contribution in [0.15, 0.2) is 73.8 Å². The number of allylic oxidation sites excluding steroid dienone is 2. The molecule has 0 bridgehead atoms. The summed E-state index contributed by atoms with van der Waals surface area (Å²) in [5, 5.41) is 0. The van der Waals surface area contributed by atoms with E-state index in [0.717, 1.165) is 11.1 Å². The topological polar surface area (TPSA) is 34.1 Å². The molecule has 21 heavy (non-hydrogen) atoms. The van der Waals surface area contributed by atoms with Gasteiger partial charge in [-0.3, -0.25) is 9.59 Å². The molecule has 2 aromatic carbocycles. The molecule has 2 heteroatoms. The number of hydrogen-bond donors (Lipinski definition) is 0. The van der Waals surface area contributed by atoms with Gasteiger partial charge in [-0.25, -0.2) is 0 Å². The number of Topliss-reactive ketones (excluding diaryl/α,β-unsaturated/α-hetero) is 1. The highest BCUT2D eigenvalue weighted by Crippen LogP contribution is 2.28. The van der Waals surface area contributed by atoms with Crippen molar-refractivity contribution in [3.63, 3.8) is 0 Å². The molecular weight excluding hydrogens is 260 g/mol. The van der Waals surface area contributed by atoms with Crippen molar-refractivity contribution in [3.05, 3.63) is 85.0 Å². The molecule has 0 radical (unpaired) electrons. The molecule has 0 saturated carbocycles. The maximum absolute atomic E-state index is 12.2. The van der Waals surface area contributed by atoms with Gasteiger partial charge >= 0.3 is 0 Å². The van der Waals surface area contributed by atoms with E-state index in [2.05, 4.69) is 13.2 Å². The van der Waals surface area contributed by atoms with Gasteiger partial charge < -0.3 is 0 Å². The van der Waals surface area contributed by atoms with Gasteiger partial charge in [0.25, 0.3) is 0 Å². The van der Waals surface area contributed by atoms with Crippen LogP contribution in [0.5, 0.6) is 0 Å². The first-order chi connectivity index (χ1) is 10.2. The molecule has 2 aromatic rings. The second-order valence-electron chi connectivity index (χ2n) is 4.58. The van der Waals surface area contributed by atoms with Crippen LogP contribution in [0, 0.1) is 0 Å². The summed E-state index contributed by atoms with van der Waals surface area (Å²) >= 11 is 0. The quantitative estimate of drug-likeness (QED) is 0.443. The molecule has 104 valence electrons. The summed E-state index contributed by atoms with van der Waals surface area (Å²) in [5.41, 5.74) is 2.65. The number of carbonyl (C=O) groups is 2.